The van der Waals surface area contributed by atoms with Crippen molar-refractivity contribution in [1.29, 1.82) is 0 Å². The van der Waals surface area contributed by atoms with E-state index in [1.54, 1.807) is 4.68 Å². The van der Waals surface area contributed by atoms with Crippen molar-refractivity contribution < 1.29 is 14.6 Å². The summed E-state index contributed by atoms with van der Waals surface area (Å²) < 4.78 is 7.31. The summed E-state index contributed by atoms with van der Waals surface area (Å²) in [5, 5.41) is 30.6. The van der Waals surface area contributed by atoms with Crippen LogP contribution in [0.2, 0.25) is 25.7 Å². The second-order valence-corrected chi connectivity index (χ2v) is 14.7. The van der Waals surface area contributed by atoms with Crippen LogP contribution in [-0.2, 0) is 22.7 Å². The molecule has 12 heteroatoms. The predicted molar refractivity (Wildman–Crippen MR) is 109 cm³/mol. The van der Waals surface area contributed by atoms with Crippen molar-refractivity contribution in [3.63, 3.8) is 0 Å². The smallest absolute Gasteiger partial charge is 0.307 e. The molecule has 10 nitrogen and oxygen atoms in total. The summed E-state index contributed by atoms with van der Waals surface area (Å²) >= 11 is 1.25. The number of carbonyl (C=O) groups is 1. The summed E-state index contributed by atoms with van der Waals surface area (Å²) in [5.74, 6) is -1.47. The van der Waals surface area contributed by atoms with Gasteiger partial charge in [-0.15, -0.1) is 15.3 Å². The molecule has 0 amide bonds. The number of rotatable bonds is 12. The van der Waals surface area contributed by atoms with Crippen LogP contribution in [0.1, 0.15) is 36.5 Å². The molecule has 28 heavy (non-hydrogen) atoms. The molecule has 2 aromatic rings. The maximum Gasteiger partial charge on any atom is 0.307 e. The summed E-state index contributed by atoms with van der Waals surface area (Å²) in [7, 11) is -1.20. The lowest BCUT2D eigenvalue weighted by Gasteiger charge is -2.22. The van der Waals surface area contributed by atoms with E-state index in [4.69, 9.17) is 10.5 Å². The number of hydrogen-bond donors (Lipinski definition) is 2. The van der Waals surface area contributed by atoms with E-state index in [0.717, 1.165) is 12.5 Å². The van der Waals surface area contributed by atoms with E-state index < -0.39 is 25.9 Å². The maximum atomic E-state index is 11.9. The number of carboxylic acids is 1. The van der Waals surface area contributed by atoms with Crippen molar-refractivity contribution in [2.75, 3.05) is 12.3 Å². The van der Waals surface area contributed by atoms with Crippen LogP contribution in [0.15, 0.2) is 0 Å². The van der Waals surface area contributed by atoms with Gasteiger partial charge in [-0.3, -0.25) is 4.79 Å². The fraction of sp³-hybridized carbons (Fsp3) is 0.750. The van der Waals surface area contributed by atoms with Gasteiger partial charge in [-0.05, 0) is 22.9 Å². The number of anilines is 1. The topological polar surface area (TPSA) is 142 Å². The number of nitrogens with two attached hydrogens (primary N) is 1. The summed E-state index contributed by atoms with van der Waals surface area (Å²) in [6.45, 7) is 9.63. The first-order valence-corrected chi connectivity index (χ1v) is 13.9. The van der Waals surface area contributed by atoms with Gasteiger partial charge in [0.05, 0.1) is 5.92 Å². The minimum Gasteiger partial charge on any atom is -0.481 e. The molecule has 0 fully saturated rings. The van der Waals surface area contributed by atoms with Gasteiger partial charge in [0.15, 0.2) is 5.82 Å². The van der Waals surface area contributed by atoms with Crippen molar-refractivity contribution in [2.24, 2.45) is 5.92 Å². The summed E-state index contributed by atoms with van der Waals surface area (Å²) in [4.78, 5) is 11.9. The standard InChI is InChI=1S/C16H29N7O3SSi/c1-5-6-11(15(24)25)12(9-13-18-20-16(17)27-13)14-19-21-22-23(14)10-26-7-8-28(2,3)4/h11-12H,5-10H2,1-4H3,(H2,17,20)(H,24,25)/t11?,12-/m0/s1. The summed E-state index contributed by atoms with van der Waals surface area (Å²) in [5.41, 5.74) is 5.68. The summed E-state index contributed by atoms with van der Waals surface area (Å²) in [6.07, 6.45) is 1.61. The summed E-state index contributed by atoms with van der Waals surface area (Å²) in [6, 6.07) is 1.03. The number of aliphatic carboxylic acids is 1. The fourth-order valence-corrected chi connectivity index (χ4v) is 4.28. The zero-order valence-corrected chi connectivity index (χ0v) is 18.6. The van der Waals surface area contributed by atoms with Crippen LogP contribution >= 0.6 is 11.3 Å². The second-order valence-electron chi connectivity index (χ2n) is 7.96. The van der Waals surface area contributed by atoms with Gasteiger partial charge in [-0.2, -0.15) is 0 Å². The minimum atomic E-state index is -1.20. The first-order chi connectivity index (χ1) is 13.2. The average molecular weight is 428 g/mol. The number of ether oxygens (including phenoxy) is 1. The largest absolute Gasteiger partial charge is 0.481 e. The Morgan fingerprint density at radius 1 is 1.32 bits per heavy atom. The monoisotopic (exact) mass is 427 g/mol. The van der Waals surface area contributed by atoms with Gasteiger partial charge in [0, 0.05) is 27.0 Å². The molecule has 2 rings (SSSR count). The van der Waals surface area contributed by atoms with Gasteiger partial charge in [-0.25, -0.2) is 4.68 Å². The first-order valence-electron chi connectivity index (χ1n) is 9.35. The maximum absolute atomic E-state index is 11.9. The predicted octanol–water partition coefficient (Wildman–Crippen LogP) is 2.25. The molecule has 0 radical (unpaired) electrons. The highest BCUT2D eigenvalue weighted by molar-refractivity contribution is 7.15. The van der Waals surface area contributed by atoms with E-state index in [0.29, 0.717) is 35.4 Å². The Labute approximate surface area is 169 Å². The van der Waals surface area contributed by atoms with Crippen LogP contribution in [0.5, 0.6) is 0 Å². The molecule has 2 atom stereocenters. The first kappa shape index (κ1) is 22.4. The van der Waals surface area contributed by atoms with Crippen LogP contribution in [0.4, 0.5) is 5.13 Å². The molecule has 1 unspecified atom stereocenters. The van der Waals surface area contributed by atoms with Gasteiger partial charge >= 0.3 is 5.97 Å². The Balaban J connectivity index is 2.20. The Morgan fingerprint density at radius 2 is 2.07 bits per heavy atom. The molecular weight excluding hydrogens is 398 g/mol. The van der Waals surface area contributed by atoms with Crippen molar-refractivity contribution in [3.05, 3.63) is 10.8 Å². The lowest BCUT2D eigenvalue weighted by Crippen LogP contribution is -2.27. The SMILES string of the molecule is CCCC(C(=O)O)[C@H](Cc1nnc(N)s1)c1nnnn1COCC[Si](C)(C)C. The zero-order valence-electron chi connectivity index (χ0n) is 16.8. The second kappa shape index (κ2) is 10.0. The third kappa shape index (κ3) is 6.60. The van der Waals surface area contributed by atoms with E-state index in [1.807, 2.05) is 6.92 Å². The highest BCUT2D eigenvalue weighted by Gasteiger charge is 2.34. The van der Waals surface area contributed by atoms with E-state index >= 15 is 0 Å². The Kier molecular flexibility index (Phi) is 8.01. The Hall–Kier alpha value is -1.92. The molecule has 0 aliphatic heterocycles. The van der Waals surface area contributed by atoms with Crippen molar-refractivity contribution in [1.82, 2.24) is 30.4 Å². The van der Waals surface area contributed by atoms with E-state index in [9.17, 15) is 9.90 Å². The lowest BCUT2D eigenvalue weighted by atomic mass is 9.85. The number of aromatic nitrogens is 6. The third-order valence-corrected chi connectivity index (χ3v) is 6.86. The molecular formula is C16H29N7O3SSi. The van der Waals surface area contributed by atoms with E-state index in [2.05, 4.69) is 45.4 Å². The molecule has 0 saturated heterocycles. The minimum absolute atomic E-state index is 0.194. The van der Waals surface area contributed by atoms with Gasteiger partial charge in [0.25, 0.3) is 0 Å². The molecule has 0 aliphatic rings. The van der Waals surface area contributed by atoms with Gasteiger partial charge in [-0.1, -0.05) is 44.3 Å². The number of hydrogen-bond acceptors (Lipinski definition) is 9. The average Bonchev–Trinajstić information content (AvgIpc) is 3.22. The zero-order chi connectivity index (χ0) is 20.7. The molecule has 2 aromatic heterocycles. The highest BCUT2D eigenvalue weighted by atomic mass is 32.1. The molecule has 0 spiro atoms. The van der Waals surface area contributed by atoms with Crippen LogP contribution in [-0.4, -0.2) is 56.2 Å². The van der Waals surface area contributed by atoms with E-state index in [-0.39, 0.29) is 6.73 Å². The number of nitrogens with zero attached hydrogens (tertiary/aromatic N) is 6. The Bertz CT molecular complexity index is 762. The lowest BCUT2D eigenvalue weighted by molar-refractivity contribution is -0.143. The van der Waals surface area contributed by atoms with E-state index in [1.165, 1.54) is 11.3 Å². The van der Waals surface area contributed by atoms with Crippen molar-refractivity contribution >= 4 is 30.5 Å². The van der Waals surface area contributed by atoms with Gasteiger partial charge in [0.2, 0.25) is 5.13 Å². The normalized spacial score (nSPS) is 14.1. The quantitative estimate of drug-likeness (QED) is 0.385. The fourth-order valence-electron chi connectivity index (χ4n) is 2.86. The van der Waals surface area contributed by atoms with Crippen LogP contribution in [0.25, 0.3) is 0 Å². The van der Waals surface area contributed by atoms with Gasteiger partial charge < -0.3 is 15.6 Å². The van der Waals surface area contributed by atoms with Gasteiger partial charge in [0.1, 0.15) is 11.7 Å². The van der Waals surface area contributed by atoms with Crippen LogP contribution in [0, 0.1) is 5.92 Å². The molecule has 156 valence electrons. The molecule has 0 aliphatic carbocycles. The van der Waals surface area contributed by atoms with Crippen molar-refractivity contribution in [2.45, 2.75) is 64.5 Å². The Morgan fingerprint density at radius 3 is 2.64 bits per heavy atom. The molecule has 0 saturated carbocycles. The molecule has 0 aromatic carbocycles. The third-order valence-electron chi connectivity index (χ3n) is 4.38. The highest BCUT2D eigenvalue weighted by Crippen LogP contribution is 2.32. The van der Waals surface area contributed by atoms with Crippen LogP contribution in [0.3, 0.4) is 0 Å². The molecule has 0 bridgehead atoms. The molecule has 3 N–H and O–H groups in total. The number of tetrazole rings is 1. The van der Waals surface area contributed by atoms with Crippen LogP contribution < -0.4 is 5.73 Å². The molecule has 2 heterocycles. The number of carboxylic acid groups (broad SMARTS) is 1. The number of nitrogen functional groups attached to an aromatic ring is 1. The van der Waals surface area contributed by atoms with Crippen molar-refractivity contribution in [3.8, 4) is 0 Å².